The number of para-hydroxylation sites is 1. The first-order chi connectivity index (χ1) is 10.2. The summed E-state index contributed by atoms with van der Waals surface area (Å²) >= 11 is 0. The van der Waals surface area contributed by atoms with Crippen LogP contribution >= 0.6 is 0 Å². The Morgan fingerprint density at radius 3 is 2.95 bits per heavy atom. The van der Waals surface area contributed by atoms with Gasteiger partial charge in [0.2, 0.25) is 0 Å². The number of carboxylic acids is 1. The molecule has 0 aromatic heterocycles. The molecule has 0 spiro atoms. The summed E-state index contributed by atoms with van der Waals surface area (Å²) in [6, 6.07) is 7.24. The lowest BCUT2D eigenvalue weighted by Gasteiger charge is -2.24. The minimum atomic E-state index is -0.965. The number of nitrogens with zero attached hydrogens (tertiary/aromatic N) is 1. The van der Waals surface area contributed by atoms with Crippen LogP contribution in [0.2, 0.25) is 0 Å². The Balaban J connectivity index is 1.82. The Morgan fingerprint density at radius 1 is 1.38 bits per heavy atom. The van der Waals surface area contributed by atoms with Crippen molar-refractivity contribution in [3.8, 4) is 5.75 Å². The van der Waals surface area contributed by atoms with E-state index >= 15 is 0 Å². The molecular formula is C16H23NO4. The minimum Gasteiger partial charge on any atom is -0.491 e. The summed E-state index contributed by atoms with van der Waals surface area (Å²) in [5, 5.41) is 18.0. The standard InChI is InChI=1S/C16H23NO4/c18-11-4-6-13-5-3-9-17(13)10-12-21-15-8-2-1-7-14(15)16(19)20/h1-2,7-8,13,18H,3-6,9-12H2,(H,19,20). The lowest BCUT2D eigenvalue weighted by molar-refractivity contribution is 0.0691. The van der Waals surface area contributed by atoms with Crippen LogP contribution in [-0.2, 0) is 0 Å². The van der Waals surface area contributed by atoms with Crippen LogP contribution in [0.15, 0.2) is 24.3 Å². The quantitative estimate of drug-likeness (QED) is 0.767. The van der Waals surface area contributed by atoms with Gasteiger partial charge in [-0.25, -0.2) is 4.79 Å². The Hall–Kier alpha value is -1.59. The fourth-order valence-corrected chi connectivity index (χ4v) is 2.89. The highest BCUT2D eigenvalue weighted by Crippen LogP contribution is 2.22. The number of carbonyl (C=O) groups is 1. The average molecular weight is 293 g/mol. The van der Waals surface area contributed by atoms with Gasteiger partial charge in [0.15, 0.2) is 0 Å². The van der Waals surface area contributed by atoms with Gasteiger partial charge in [-0.05, 0) is 44.4 Å². The minimum absolute atomic E-state index is 0.204. The number of carboxylic acid groups (broad SMARTS) is 1. The molecule has 116 valence electrons. The van der Waals surface area contributed by atoms with Gasteiger partial charge in [0.25, 0.3) is 0 Å². The molecule has 0 radical (unpaired) electrons. The Labute approximate surface area is 125 Å². The summed E-state index contributed by atoms with van der Waals surface area (Å²) < 4.78 is 5.64. The van der Waals surface area contributed by atoms with Crippen LogP contribution in [0.1, 0.15) is 36.0 Å². The molecule has 1 unspecified atom stereocenters. The lowest BCUT2D eigenvalue weighted by Crippen LogP contribution is -2.33. The molecule has 1 aromatic rings. The summed E-state index contributed by atoms with van der Waals surface area (Å²) in [6.07, 6.45) is 4.21. The predicted molar refractivity (Wildman–Crippen MR) is 79.8 cm³/mol. The van der Waals surface area contributed by atoms with E-state index in [1.54, 1.807) is 24.3 Å². The summed E-state index contributed by atoms with van der Waals surface area (Å²) in [6.45, 7) is 2.58. The zero-order valence-electron chi connectivity index (χ0n) is 12.2. The van der Waals surface area contributed by atoms with Crippen LogP contribution in [0.25, 0.3) is 0 Å². The van der Waals surface area contributed by atoms with Crippen molar-refractivity contribution in [3.63, 3.8) is 0 Å². The molecule has 1 fully saturated rings. The highest BCUT2D eigenvalue weighted by molar-refractivity contribution is 5.90. The van der Waals surface area contributed by atoms with Gasteiger partial charge in [0.05, 0.1) is 0 Å². The molecule has 2 rings (SSSR count). The predicted octanol–water partition coefficient (Wildman–Crippen LogP) is 2.00. The van der Waals surface area contributed by atoms with Crippen molar-refractivity contribution in [2.75, 3.05) is 26.3 Å². The van der Waals surface area contributed by atoms with E-state index in [9.17, 15) is 4.79 Å². The summed E-state index contributed by atoms with van der Waals surface area (Å²) in [5.41, 5.74) is 0.204. The molecule has 1 aromatic carbocycles. The highest BCUT2D eigenvalue weighted by atomic mass is 16.5. The summed E-state index contributed by atoms with van der Waals surface area (Å²) in [7, 11) is 0. The van der Waals surface area contributed by atoms with Crippen molar-refractivity contribution >= 4 is 5.97 Å². The smallest absolute Gasteiger partial charge is 0.339 e. The van der Waals surface area contributed by atoms with Gasteiger partial charge in [0, 0.05) is 19.2 Å². The Kier molecular flexibility index (Phi) is 6.02. The average Bonchev–Trinajstić information content (AvgIpc) is 2.93. The monoisotopic (exact) mass is 293 g/mol. The number of hydrogen-bond acceptors (Lipinski definition) is 4. The van der Waals surface area contributed by atoms with E-state index < -0.39 is 5.97 Å². The first-order valence-corrected chi connectivity index (χ1v) is 7.52. The molecule has 0 saturated carbocycles. The zero-order chi connectivity index (χ0) is 15.1. The number of likely N-dealkylation sites (tertiary alicyclic amines) is 1. The third-order valence-corrected chi connectivity index (χ3v) is 3.95. The van der Waals surface area contributed by atoms with E-state index in [-0.39, 0.29) is 12.2 Å². The highest BCUT2D eigenvalue weighted by Gasteiger charge is 2.23. The largest absolute Gasteiger partial charge is 0.491 e. The van der Waals surface area contributed by atoms with Crippen molar-refractivity contribution < 1.29 is 19.7 Å². The van der Waals surface area contributed by atoms with Crippen LogP contribution in [-0.4, -0.2) is 53.4 Å². The maximum Gasteiger partial charge on any atom is 0.339 e. The molecule has 5 nitrogen and oxygen atoms in total. The number of aliphatic hydroxyl groups is 1. The van der Waals surface area contributed by atoms with Gasteiger partial charge in [-0.2, -0.15) is 0 Å². The van der Waals surface area contributed by atoms with Crippen molar-refractivity contribution in [1.82, 2.24) is 4.90 Å². The fourth-order valence-electron chi connectivity index (χ4n) is 2.89. The first kappa shape index (κ1) is 15.8. The lowest BCUT2D eigenvalue weighted by atomic mass is 10.1. The van der Waals surface area contributed by atoms with Gasteiger partial charge in [0.1, 0.15) is 17.9 Å². The third kappa shape index (κ3) is 4.44. The molecule has 5 heteroatoms. The maximum atomic E-state index is 11.1. The molecule has 1 saturated heterocycles. The molecule has 1 atom stereocenters. The van der Waals surface area contributed by atoms with E-state index in [2.05, 4.69) is 4.90 Å². The van der Waals surface area contributed by atoms with Gasteiger partial charge < -0.3 is 14.9 Å². The normalized spacial score (nSPS) is 18.8. The van der Waals surface area contributed by atoms with E-state index in [0.717, 1.165) is 25.9 Å². The van der Waals surface area contributed by atoms with Crippen molar-refractivity contribution in [2.24, 2.45) is 0 Å². The summed E-state index contributed by atoms with van der Waals surface area (Å²) in [4.78, 5) is 13.5. The van der Waals surface area contributed by atoms with E-state index in [4.69, 9.17) is 14.9 Å². The number of aromatic carboxylic acids is 1. The number of rotatable bonds is 8. The van der Waals surface area contributed by atoms with Gasteiger partial charge in [-0.3, -0.25) is 4.90 Å². The van der Waals surface area contributed by atoms with Gasteiger partial charge in [-0.1, -0.05) is 12.1 Å². The number of benzene rings is 1. The third-order valence-electron chi connectivity index (χ3n) is 3.95. The summed E-state index contributed by atoms with van der Waals surface area (Å²) in [5.74, 6) is -0.538. The second kappa shape index (κ2) is 8.00. The van der Waals surface area contributed by atoms with E-state index in [0.29, 0.717) is 18.4 Å². The molecule has 1 heterocycles. The van der Waals surface area contributed by atoms with Crippen molar-refractivity contribution in [3.05, 3.63) is 29.8 Å². The van der Waals surface area contributed by atoms with E-state index in [1.165, 1.54) is 12.8 Å². The number of aliphatic hydroxyl groups excluding tert-OH is 1. The Bertz CT molecular complexity index is 463. The molecule has 1 aliphatic heterocycles. The van der Waals surface area contributed by atoms with Crippen LogP contribution in [0.4, 0.5) is 0 Å². The first-order valence-electron chi connectivity index (χ1n) is 7.52. The van der Waals surface area contributed by atoms with E-state index in [1.807, 2.05) is 0 Å². The topological polar surface area (TPSA) is 70.0 Å². The van der Waals surface area contributed by atoms with Crippen LogP contribution < -0.4 is 4.74 Å². The number of hydrogen-bond donors (Lipinski definition) is 2. The maximum absolute atomic E-state index is 11.1. The number of ether oxygens (including phenoxy) is 1. The molecule has 21 heavy (non-hydrogen) atoms. The second-order valence-corrected chi connectivity index (χ2v) is 5.35. The SMILES string of the molecule is O=C(O)c1ccccc1OCCN1CCCC1CCCO. The molecule has 0 aliphatic carbocycles. The van der Waals surface area contributed by atoms with Crippen LogP contribution in [0.3, 0.4) is 0 Å². The molecule has 0 bridgehead atoms. The molecule has 1 aliphatic rings. The second-order valence-electron chi connectivity index (χ2n) is 5.35. The van der Waals surface area contributed by atoms with Crippen molar-refractivity contribution in [2.45, 2.75) is 31.7 Å². The molecule has 0 amide bonds. The van der Waals surface area contributed by atoms with Gasteiger partial charge >= 0.3 is 5.97 Å². The van der Waals surface area contributed by atoms with Crippen LogP contribution in [0.5, 0.6) is 5.75 Å². The molecular weight excluding hydrogens is 270 g/mol. The zero-order valence-corrected chi connectivity index (χ0v) is 12.2. The van der Waals surface area contributed by atoms with Crippen molar-refractivity contribution in [1.29, 1.82) is 0 Å². The van der Waals surface area contributed by atoms with Crippen LogP contribution in [0, 0.1) is 0 Å². The molecule has 2 N–H and O–H groups in total. The fraction of sp³-hybridized carbons (Fsp3) is 0.562. The Morgan fingerprint density at radius 2 is 2.19 bits per heavy atom. The van der Waals surface area contributed by atoms with Gasteiger partial charge in [-0.15, -0.1) is 0 Å².